The highest BCUT2D eigenvalue weighted by molar-refractivity contribution is 6.05. The Morgan fingerprint density at radius 1 is 0.893 bits per heavy atom. The van der Waals surface area contributed by atoms with Gasteiger partial charge in [0.1, 0.15) is 5.75 Å². The molecule has 0 radical (unpaired) electrons. The maximum atomic E-state index is 12.6. The zero-order chi connectivity index (χ0) is 20.1. The van der Waals surface area contributed by atoms with E-state index in [1.165, 1.54) is 0 Å². The number of amides is 2. The van der Waals surface area contributed by atoms with Gasteiger partial charge in [-0.2, -0.15) is 0 Å². The summed E-state index contributed by atoms with van der Waals surface area (Å²) in [5, 5.41) is 11.6. The van der Waals surface area contributed by atoms with Crippen LogP contribution in [0.1, 0.15) is 26.3 Å². The van der Waals surface area contributed by atoms with Crippen molar-refractivity contribution >= 4 is 17.5 Å². The summed E-state index contributed by atoms with van der Waals surface area (Å²) in [5.41, 5.74) is 5.79. The molecule has 28 heavy (non-hydrogen) atoms. The van der Waals surface area contributed by atoms with Crippen LogP contribution in [0.5, 0.6) is 5.75 Å². The van der Waals surface area contributed by atoms with E-state index >= 15 is 0 Å². The minimum atomic E-state index is -0.567. The van der Waals surface area contributed by atoms with Crippen LogP contribution < -0.4 is 15.5 Å². The highest BCUT2D eigenvalue weighted by Gasteiger charge is 2.11. The van der Waals surface area contributed by atoms with E-state index in [2.05, 4.69) is 5.32 Å². The quantitative estimate of drug-likeness (QED) is 0.463. The number of hydrogen-bond acceptors (Lipinski definition) is 4. The fraction of sp³-hybridized carbons (Fsp3) is 0.0909. The maximum Gasteiger partial charge on any atom is 0.274 e. The molecule has 3 aromatic rings. The van der Waals surface area contributed by atoms with E-state index in [9.17, 15) is 9.59 Å². The van der Waals surface area contributed by atoms with Crippen molar-refractivity contribution in [3.05, 3.63) is 83.4 Å². The van der Waals surface area contributed by atoms with Gasteiger partial charge in [0, 0.05) is 16.8 Å². The molecule has 0 spiro atoms. The standard InChI is InChI=1S/C22H20N2O4/c1-14-12-19(28-2)10-11-20(14)22(26)23-18-5-3-4-17(13-18)15-6-8-16(9-7-15)21(25)24-27/h3-13,27H,1-2H3,(H,23,26)(H,24,25). The van der Waals surface area contributed by atoms with Crippen LogP contribution in [-0.4, -0.2) is 24.1 Å². The van der Waals surface area contributed by atoms with Crippen LogP contribution >= 0.6 is 0 Å². The number of rotatable bonds is 5. The SMILES string of the molecule is COc1ccc(C(=O)Nc2cccc(-c3ccc(C(=O)NO)cc3)c2)c(C)c1. The zero-order valence-corrected chi connectivity index (χ0v) is 15.5. The average Bonchev–Trinajstić information content (AvgIpc) is 2.73. The lowest BCUT2D eigenvalue weighted by Crippen LogP contribution is -2.18. The number of hydroxylamine groups is 1. The van der Waals surface area contributed by atoms with Gasteiger partial charge >= 0.3 is 0 Å². The lowest BCUT2D eigenvalue weighted by molar-refractivity contribution is 0.0706. The minimum Gasteiger partial charge on any atom is -0.497 e. The van der Waals surface area contributed by atoms with Crippen molar-refractivity contribution in [1.82, 2.24) is 5.48 Å². The van der Waals surface area contributed by atoms with Crippen molar-refractivity contribution in [2.45, 2.75) is 6.92 Å². The van der Waals surface area contributed by atoms with Crippen molar-refractivity contribution in [3.63, 3.8) is 0 Å². The molecular formula is C22H20N2O4. The van der Waals surface area contributed by atoms with Crippen molar-refractivity contribution < 1.29 is 19.5 Å². The molecule has 0 aliphatic rings. The molecule has 0 aliphatic carbocycles. The Morgan fingerprint density at radius 3 is 2.29 bits per heavy atom. The molecule has 3 aromatic carbocycles. The van der Waals surface area contributed by atoms with E-state index in [1.807, 2.05) is 37.3 Å². The first-order chi connectivity index (χ1) is 13.5. The van der Waals surface area contributed by atoms with Crippen LogP contribution in [-0.2, 0) is 0 Å². The van der Waals surface area contributed by atoms with Crippen LogP contribution in [0.25, 0.3) is 11.1 Å². The zero-order valence-electron chi connectivity index (χ0n) is 15.5. The van der Waals surface area contributed by atoms with Crippen LogP contribution in [0.2, 0.25) is 0 Å². The van der Waals surface area contributed by atoms with E-state index in [4.69, 9.17) is 9.94 Å². The molecule has 142 valence electrons. The Balaban J connectivity index is 1.80. The van der Waals surface area contributed by atoms with Crippen molar-refractivity contribution in [2.75, 3.05) is 12.4 Å². The van der Waals surface area contributed by atoms with Gasteiger partial charge in [-0.15, -0.1) is 0 Å². The van der Waals surface area contributed by atoms with Gasteiger partial charge < -0.3 is 10.1 Å². The molecule has 0 fully saturated rings. The first kappa shape index (κ1) is 19.1. The lowest BCUT2D eigenvalue weighted by Gasteiger charge is -2.11. The number of hydrogen-bond donors (Lipinski definition) is 3. The first-order valence-corrected chi connectivity index (χ1v) is 8.62. The topological polar surface area (TPSA) is 87.7 Å². The first-order valence-electron chi connectivity index (χ1n) is 8.62. The predicted molar refractivity (Wildman–Crippen MR) is 107 cm³/mol. The summed E-state index contributed by atoms with van der Waals surface area (Å²) in [6, 6.07) is 19.5. The number of ether oxygens (including phenoxy) is 1. The van der Waals surface area contributed by atoms with Gasteiger partial charge in [-0.05, 0) is 66.1 Å². The smallest absolute Gasteiger partial charge is 0.274 e. The van der Waals surface area contributed by atoms with E-state index in [0.717, 1.165) is 16.7 Å². The summed E-state index contributed by atoms with van der Waals surface area (Å²) in [5.74, 6) is -0.0657. The van der Waals surface area contributed by atoms with Gasteiger partial charge in [-0.25, -0.2) is 5.48 Å². The van der Waals surface area contributed by atoms with Crippen molar-refractivity contribution in [1.29, 1.82) is 0 Å². The largest absolute Gasteiger partial charge is 0.497 e. The second kappa shape index (κ2) is 8.37. The predicted octanol–water partition coefficient (Wildman–Crippen LogP) is 4.04. The molecule has 0 bridgehead atoms. The number of anilines is 1. The second-order valence-electron chi connectivity index (χ2n) is 6.23. The molecule has 0 saturated carbocycles. The maximum absolute atomic E-state index is 12.6. The Bertz CT molecular complexity index is 1010. The van der Waals surface area contributed by atoms with E-state index in [-0.39, 0.29) is 5.91 Å². The van der Waals surface area contributed by atoms with Gasteiger partial charge in [0.25, 0.3) is 11.8 Å². The summed E-state index contributed by atoms with van der Waals surface area (Å²) in [7, 11) is 1.59. The van der Waals surface area contributed by atoms with Crippen LogP contribution in [0.15, 0.2) is 66.7 Å². The van der Waals surface area contributed by atoms with Crippen LogP contribution in [0, 0.1) is 6.92 Å². The van der Waals surface area contributed by atoms with Gasteiger partial charge in [0.15, 0.2) is 0 Å². The van der Waals surface area contributed by atoms with E-state index in [0.29, 0.717) is 22.6 Å². The molecule has 2 amide bonds. The molecule has 0 unspecified atom stereocenters. The van der Waals surface area contributed by atoms with Crippen molar-refractivity contribution in [3.8, 4) is 16.9 Å². The fourth-order valence-electron chi connectivity index (χ4n) is 2.87. The second-order valence-corrected chi connectivity index (χ2v) is 6.23. The molecule has 6 heteroatoms. The normalized spacial score (nSPS) is 10.2. The average molecular weight is 376 g/mol. The minimum absolute atomic E-state index is 0.202. The molecule has 0 aromatic heterocycles. The Morgan fingerprint density at radius 2 is 1.64 bits per heavy atom. The third-order valence-corrected chi connectivity index (χ3v) is 4.38. The Kier molecular flexibility index (Phi) is 5.72. The molecule has 0 aliphatic heterocycles. The van der Waals surface area contributed by atoms with Gasteiger partial charge in [-0.3, -0.25) is 14.8 Å². The molecular weight excluding hydrogens is 356 g/mol. The number of carbonyl (C=O) groups excluding carboxylic acids is 2. The number of methoxy groups -OCH3 is 1. The summed E-state index contributed by atoms with van der Waals surface area (Å²) in [6.07, 6.45) is 0. The summed E-state index contributed by atoms with van der Waals surface area (Å²) in [6.45, 7) is 1.86. The molecule has 3 N–H and O–H groups in total. The Labute approximate surface area is 162 Å². The van der Waals surface area contributed by atoms with Crippen molar-refractivity contribution in [2.24, 2.45) is 0 Å². The highest BCUT2D eigenvalue weighted by atomic mass is 16.5. The molecule has 0 heterocycles. The summed E-state index contributed by atoms with van der Waals surface area (Å²) < 4.78 is 5.17. The van der Waals surface area contributed by atoms with Crippen LogP contribution in [0.3, 0.4) is 0 Å². The molecule has 6 nitrogen and oxygen atoms in total. The number of nitrogens with one attached hydrogen (secondary N) is 2. The monoisotopic (exact) mass is 376 g/mol. The van der Waals surface area contributed by atoms with Gasteiger partial charge in [-0.1, -0.05) is 24.3 Å². The summed E-state index contributed by atoms with van der Waals surface area (Å²) in [4.78, 5) is 24.0. The number of carbonyl (C=O) groups is 2. The summed E-state index contributed by atoms with van der Waals surface area (Å²) >= 11 is 0. The molecule has 0 saturated heterocycles. The fourth-order valence-corrected chi connectivity index (χ4v) is 2.87. The Hall–Kier alpha value is -3.64. The molecule has 3 rings (SSSR count). The highest BCUT2D eigenvalue weighted by Crippen LogP contribution is 2.24. The van der Waals surface area contributed by atoms with E-state index in [1.54, 1.807) is 49.0 Å². The lowest BCUT2D eigenvalue weighted by atomic mass is 10.0. The van der Waals surface area contributed by atoms with E-state index < -0.39 is 5.91 Å². The number of aryl methyl sites for hydroxylation is 1. The van der Waals surface area contributed by atoms with Gasteiger partial charge in [0.05, 0.1) is 7.11 Å². The van der Waals surface area contributed by atoms with Crippen LogP contribution in [0.4, 0.5) is 5.69 Å². The third kappa shape index (κ3) is 4.19. The third-order valence-electron chi connectivity index (χ3n) is 4.38. The molecule has 0 atom stereocenters. The van der Waals surface area contributed by atoms with Gasteiger partial charge in [0.2, 0.25) is 0 Å². The number of benzene rings is 3.